The summed E-state index contributed by atoms with van der Waals surface area (Å²) < 4.78 is 0. The molecule has 7 aromatic rings. The Morgan fingerprint density at radius 3 is 0.778 bits per heavy atom. The van der Waals surface area contributed by atoms with Gasteiger partial charge in [0.15, 0.2) is 0 Å². The minimum atomic E-state index is -0.0691. The van der Waals surface area contributed by atoms with Crippen molar-refractivity contribution in [2.45, 2.75) is 38.5 Å². The van der Waals surface area contributed by atoms with Crippen molar-refractivity contribution >= 4 is 0 Å². The lowest BCUT2D eigenvalue weighted by molar-refractivity contribution is 0.273. The van der Waals surface area contributed by atoms with E-state index in [1.54, 1.807) is 18.6 Å². The third kappa shape index (κ3) is 8.07. The van der Waals surface area contributed by atoms with Crippen molar-refractivity contribution in [2.75, 3.05) is 19.8 Å². The molecule has 0 saturated heterocycles. The van der Waals surface area contributed by atoms with Crippen LogP contribution in [0.1, 0.15) is 55.2 Å². The van der Waals surface area contributed by atoms with Gasteiger partial charge in [-0.25, -0.2) is 0 Å². The molecule has 0 spiro atoms. The molecule has 6 nitrogen and oxygen atoms in total. The number of aromatic nitrogens is 3. The van der Waals surface area contributed by atoms with Crippen LogP contribution in [-0.4, -0.2) is 50.1 Å². The van der Waals surface area contributed by atoms with Crippen molar-refractivity contribution in [3.63, 3.8) is 0 Å². The second kappa shape index (κ2) is 16.5. The van der Waals surface area contributed by atoms with Crippen LogP contribution in [0.25, 0.3) is 66.8 Å². The topological polar surface area (TPSA) is 99.4 Å². The summed E-state index contributed by atoms with van der Waals surface area (Å²) in [6.45, 7) is 6.20. The van der Waals surface area contributed by atoms with Gasteiger partial charge in [-0.15, -0.1) is 0 Å². The van der Waals surface area contributed by atoms with Crippen LogP contribution in [0.15, 0.2) is 146 Å². The van der Waals surface area contributed by atoms with E-state index in [4.69, 9.17) is 0 Å². The molecule has 0 aliphatic carbocycles. The van der Waals surface area contributed by atoms with Gasteiger partial charge in [-0.3, -0.25) is 15.0 Å². The van der Waals surface area contributed by atoms with Crippen LogP contribution in [0, 0.1) is 0 Å². The van der Waals surface area contributed by atoms with E-state index >= 15 is 0 Å². The number of hydrogen-bond donors (Lipinski definition) is 3. The maximum atomic E-state index is 10.3. The summed E-state index contributed by atoms with van der Waals surface area (Å²) in [6.07, 6.45) is 10.9. The molecule has 0 amide bonds. The van der Waals surface area contributed by atoms with Gasteiger partial charge in [0, 0.05) is 91.4 Å². The first-order valence-corrected chi connectivity index (χ1v) is 18.5. The van der Waals surface area contributed by atoms with E-state index in [2.05, 4.69) is 106 Å². The fourth-order valence-corrected chi connectivity index (χ4v) is 6.85. The molecule has 0 fully saturated rings. The SMILES string of the molecule is CC(CO)c1cc(-c2cccnc2)cc(-c2cc(-c3cc(-c4cccnc4)cc(C(C)CO)c3)cc(-c3cc(-c4cccnc4)cc(C(C)CO)c3)c2)c1. The molecule has 54 heavy (non-hydrogen) atoms. The van der Waals surface area contributed by atoms with Crippen LogP contribution in [-0.2, 0) is 0 Å². The Bertz CT molecular complexity index is 2070. The van der Waals surface area contributed by atoms with Crippen molar-refractivity contribution in [3.05, 3.63) is 163 Å². The minimum absolute atomic E-state index is 0.0289. The summed E-state index contributed by atoms with van der Waals surface area (Å²) in [6, 6.07) is 38.3. The smallest absolute Gasteiger partial charge is 0.0497 e. The van der Waals surface area contributed by atoms with Gasteiger partial charge in [0.2, 0.25) is 0 Å². The molecule has 3 atom stereocenters. The zero-order valence-electron chi connectivity index (χ0n) is 30.9. The summed E-state index contributed by atoms with van der Waals surface area (Å²) in [5.41, 5.74) is 15.3. The maximum Gasteiger partial charge on any atom is 0.0497 e. The van der Waals surface area contributed by atoms with Gasteiger partial charge in [0.25, 0.3) is 0 Å². The summed E-state index contributed by atoms with van der Waals surface area (Å²) in [5.74, 6) is -0.207. The van der Waals surface area contributed by atoms with Crippen molar-refractivity contribution in [1.29, 1.82) is 0 Å². The number of pyridine rings is 3. The van der Waals surface area contributed by atoms with E-state index in [-0.39, 0.29) is 37.6 Å². The molecule has 270 valence electrons. The standard InChI is InChI=1S/C48H45N3O3/c1-31(28-52)37-13-40(34-7-4-10-49-25-34)19-43(16-37)46-22-47(44-17-38(32(2)29-53)14-41(20-44)35-8-5-11-50-26-35)24-48(23-46)45-18-39(33(3)30-54)15-42(21-45)36-9-6-12-51-27-36/h4-27,31-33,52-54H,28-30H2,1-3H3. The van der Waals surface area contributed by atoms with Gasteiger partial charge < -0.3 is 15.3 Å². The maximum absolute atomic E-state index is 10.3. The summed E-state index contributed by atoms with van der Waals surface area (Å²) in [5, 5.41) is 30.8. The van der Waals surface area contributed by atoms with Crippen molar-refractivity contribution in [1.82, 2.24) is 15.0 Å². The Morgan fingerprint density at radius 1 is 0.352 bits per heavy atom. The van der Waals surface area contributed by atoms with E-state index in [0.717, 1.165) is 83.5 Å². The summed E-state index contributed by atoms with van der Waals surface area (Å²) in [7, 11) is 0. The van der Waals surface area contributed by atoms with Crippen LogP contribution >= 0.6 is 0 Å². The van der Waals surface area contributed by atoms with Crippen molar-refractivity contribution in [2.24, 2.45) is 0 Å². The molecule has 3 N–H and O–H groups in total. The summed E-state index contributed by atoms with van der Waals surface area (Å²) >= 11 is 0. The molecule has 0 radical (unpaired) electrons. The van der Waals surface area contributed by atoms with E-state index in [0.29, 0.717) is 0 Å². The quantitative estimate of drug-likeness (QED) is 0.117. The Morgan fingerprint density at radius 2 is 0.574 bits per heavy atom. The fourth-order valence-electron chi connectivity index (χ4n) is 6.85. The van der Waals surface area contributed by atoms with E-state index < -0.39 is 0 Å². The molecule has 6 heteroatoms. The van der Waals surface area contributed by atoms with Crippen molar-refractivity contribution in [3.8, 4) is 66.8 Å². The van der Waals surface area contributed by atoms with Crippen molar-refractivity contribution < 1.29 is 15.3 Å². The molecule has 3 heterocycles. The lowest BCUT2D eigenvalue weighted by Gasteiger charge is -2.19. The molecule has 3 unspecified atom stereocenters. The van der Waals surface area contributed by atoms with E-state index in [1.807, 2.05) is 57.6 Å². The molecule has 4 aromatic carbocycles. The van der Waals surface area contributed by atoms with Gasteiger partial charge in [-0.1, -0.05) is 75.4 Å². The van der Waals surface area contributed by atoms with Crippen LogP contribution in [0.2, 0.25) is 0 Å². The third-order valence-corrected chi connectivity index (χ3v) is 10.3. The average molecular weight is 712 g/mol. The second-order valence-electron chi connectivity index (χ2n) is 14.3. The highest BCUT2D eigenvalue weighted by atomic mass is 16.3. The largest absolute Gasteiger partial charge is 0.396 e. The number of rotatable bonds is 12. The predicted molar refractivity (Wildman–Crippen MR) is 219 cm³/mol. The number of benzene rings is 4. The number of aliphatic hydroxyl groups is 3. The Labute approximate surface area is 317 Å². The first kappa shape index (κ1) is 36.6. The monoisotopic (exact) mass is 711 g/mol. The molecule has 3 aromatic heterocycles. The lowest BCUT2D eigenvalue weighted by Crippen LogP contribution is -2.01. The number of aliphatic hydroxyl groups excluding tert-OH is 3. The molecule has 0 aliphatic heterocycles. The highest BCUT2D eigenvalue weighted by Crippen LogP contribution is 2.40. The molecule has 0 aliphatic rings. The fraction of sp³-hybridized carbons (Fsp3) is 0.188. The number of hydrogen-bond acceptors (Lipinski definition) is 6. The summed E-state index contributed by atoms with van der Waals surface area (Å²) in [4.78, 5) is 13.2. The number of nitrogens with zero attached hydrogens (tertiary/aromatic N) is 3. The normalized spacial score (nSPS) is 13.0. The van der Waals surface area contributed by atoms with Gasteiger partial charge in [-0.05, 0) is 121 Å². The van der Waals surface area contributed by atoms with Crippen LogP contribution < -0.4 is 0 Å². The molecule has 7 rings (SSSR count). The van der Waals surface area contributed by atoms with Gasteiger partial charge in [-0.2, -0.15) is 0 Å². The minimum Gasteiger partial charge on any atom is -0.396 e. The highest BCUT2D eigenvalue weighted by Gasteiger charge is 2.17. The average Bonchev–Trinajstić information content (AvgIpc) is 3.25. The Kier molecular flexibility index (Phi) is 11.2. The Hall–Kier alpha value is -5.79. The van der Waals surface area contributed by atoms with E-state index in [1.165, 1.54) is 0 Å². The molecule has 0 saturated carbocycles. The third-order valence-electron chi connectivity index (χ3n) is 10.3. The van der Waals surface area contributed by atoms with Gasteiger partial charge in [0.05, 0.1) is 0 Å². The Balaban J connectivity index is 1.50. The first-order chi connectivity index (χ1) is 26.3. The van der Waals surface area contributed by atoms with Crippen LogP contribution in [0.5, 0.6) is 0 Å². The second-order valence-corrected chi connectivity index (χ2v) is 14.3. The predicted octanol–water partition coefficient (Wildman–Crippen LogP) is 10.2. The van der Waals surface area contributed by atoms with Gasteiger partial charge in [0.1, 0.15) is 0 Å². The first-order valence-electron chi connectivity index (χ1n) is 18.5. The van der Waals surface area contributed by atoms with E-state index in [9.17, 15) is 15.3 Å². The van der Waals surface area contributed by atoms with Crippen LogP contribution in [0.4, 0.5) is 0 Å². The molecular formula is C48H45N3O3. The molecule has 0 bridgehead atoms. The van der Waals surface area contributed by atoms with Gasteiger partial charge >= 0.3 is 0 Å². The molecular weight excluding hydrogens is 667 g/mol. The highest BCUT2D eigenvalue weighted by molar-refractivity contribution is 5.86. The van der Waals surface area contributed by atoms with Crippen LogP contribution in [0.3, 0.4) is 0 Å². The zero-order chi connectivity index (χ0) is 37.6. The zero-order valence-corrected chi connectivity index (χ0v) is 30.9. The lowest BCUT2D eigenvalue weighted by atomic mass is 9.86.